The van der Waals surface area contributed by atoms with Crippen LogP contribution in [0.5, 0.6) is 5.88 Å². The molecule has 0 aliphatic rings. The molecule has 0 fully saturated rings. The van der Waals surface area contributed by atoms with Crippen molar-refractivity contribution in [2.45, 2.75) is 26.8 Å². The zero-order chi connectivity index (χ0) is 13.5. The summed E-state index contributed by atoms with van der Waals surface area (Å²) in [5.41, 5.74) is 6.34. The molecular formula is C13H23N3O2. The molecule has 1 atom stereocenters. The number of nitrogens with two attached hydrogens (primary N) is 1. The molecule has 1 unspecified atom stereocenters. The molecule has 5 nitrogen and oxygen atoms in total. The zero-order valence-electron chi connectivity index (χ0n) is 11.6. The number of hydrogen-bond donors (Lipinski definition) is 2. The van der Waals surface area contributed by atoms with Gasteiger partial charge in [-0.25, -0.2) is 0 Å². The van der Waals surface area contributed by atoms with Crippen LogP contribution in [0, 0.1) is 5.92 Å². The molecule has 0 bridgehead atoms. The van der Waals surface area contributed by atoms with Gasteiger partial charge in [-0.2, -0.15) is 4.98 Å². The monoisotopic (exact) mass is 253 g/mol. The van der Waals surface area contributed by atoms with Crippen molar-refractivity contribution in [3.63, 3.8) is 0 Å². The summed E-state index contributed by atoms with van der Waals surface area (Å²) in [7, 11) is 1.69. The largest absolute Gasteiger partial charge is 0.476 e. The smallest absolute Gasteiger partial charge is 0.239 e. The molecule has 0 aromatic carbocycles. The number of nitrogens with zero attached hydrogens (tertiary/aromatic N) is 1. The molecule has 0 saturated carbocycles. The Hall–Kier alpha value is -1.49. The molecular weight excluding hydrogens is 230 g/mol. The summed E-state index contributed by atoms with van der Waals surface area (Å²) in [6.45, 7) is 7.36. The van der Waals surface area contributed by atoms with E-state index in [1.165, 1.54) is 0 Å². The number of ether oxygens (including phenoxy) is 2. The second-order valence-corrected chi connectivity index (χ2v) is 4.47. The van der Waals surface area contributed by atoms with Crippen LogP contribution in [-0.2, 0) is 4.74 Å². The van der Waals surface area contributed by atoms with E-state index in [2.05, 4.69) is 24.1 Å². The molecule has 0 radical (unpaired) electrons. The topological polar surface area (TPSA) is 69.4 Å². The normalized spacial score (nSPS) is 12.5. The van der Waals surface area contributed by atoms with E-state index in [4.69, 9.17) is 15.2 Å². The first-order valence-corrected chi connectivity index (χ1v) is 6.23. The van der Waals surface area contributed by atoms with Gasteiger partial charge in [0.2, 0.25) is 5.88 Å². The van der Waals surface area contributed by atoms with Crippen molar-refractivity contribution < 1.29 is 9.47 Å². The van der Waals surface area contributed by atoms with Gasteiger partial charge in [-0.15, -0.1) is 0 Å². The quantitative estimate of drug-likeness (QED) is 0.779. The van der Waals surface area contributed by atoms with Crippen molar-refractivity contribution in [1.29, 1.82) is 0 Å². The Bertz CT molecular complexity index is 369. The predicted molar refractivity (Wildman–Crippen MR) is 73.9 cm³/mol. The maximum absolute atomic E-state index is 5.78. The number of aromatic nitrogens is 1. The van der Waals surface area contributed by atoms with Gasteiger partial charge in [0.05, 0.1) is 24.9 Å². The van der Waals surface area contributed by atoms with Gasteiger partial charge in [0, 0.05) is 7.11 Å². The van der Waals surface area contributed by atoms with Crippen LogP contribution in [-0.4, -0.2) is 31.3 Å². The van der Waals surface area contributed by atoms with E-state index in [9.17, 15) is 0 Å². The highest BCUT2D eigenvalue weighted by Gasteiger charge is 2.14. The Morgan fingerprint density at radius 3 is 2.67 bits per heavy atom. The van der Waals surface area contributed by atoms with Gasteiger partial charge < -0.3 is 20.5 Å². The van der Waals surface area contributed by atoms with Crippen molar-refractivity contribution in [3.8, 4) is 5.88 Å². The number of methoxy groups -OCH3 is 1. The highest BCUT2D eigenvalue weighted by Crippen LogP contribution is 2.22. The second kappa shape index (κ2) is 7.06. The molecule has 0 amide bonds. The molecule has 1 aromatic heterocycles. The fourth-order valence-electron chi connectivity index (χ4n) is 1.55. The fourth-order valence-corrected chi connectivity index (χ4v) is 1.55. The molecule has 0 aliphatic heterocycles. The van der Waals surface area contributed by atoms with Crippen LogP contribution in [0.15, 0.2) is 12.1 Å². The van der Waals surface area contributed by atoms with Gasteiger partial charge in [-0.1, -0.05) is 13.8 Å². The van der Waals surface area contributed by atoms with Gasteiger partial charge >= 0.3 is 0 Å². The van der Waals surface area contributed by atoms with Crippen molar-refractivity contribution >= 4 is 11.5 Å². The highest BCUT2D eigenvalue weighted by molar-refractivity contribution is 5.53. The van der Waals surface area contributed by atoms with Gasteiger partial charge in [0.15, 0.2) is 0 Å². The maximum Gasteiger partial charge on any atom is 0.239 e. The molecule has 0 aliphatic carbocycles. The van der Waals surface area contributed by atoms with Crippen LogP contribution >= 0.6 is 0 Å². The minimum atomic E-state index is 0.209. The number of nitrogen functional groups attached to an aromatic ring is 1. The van der Waals surface area contributed by atoms with Crippen LogP contribution < -0.4 is 15.8 Å². The highest BCUT2D eigenvalue weighted by atomic mass is 16.5. The lowest BCUT2D eigenvalue weighted by Crippen LogP contribution is -2.30. The van der Waals surface area contributed by atoms with Crippen LogP contribution in [0.25, 0.3) is 0 Å². The molecule has 102 valence electrons. The SMILES string of the molecule is CCOc1nc(NC(COC)C(C)C)ccc1N. The number of pyridine rings is 1. The van der Waals surface area contributed by atoms with E-state index in [1.807, 2.05) is 13.0 Å². The van der Waals surface area contributed by atoms with Crippen molar-refractivity contribution in [2.24, 2.45) is 5.92 Å². The minimum Gasteiger partial charge on any atom is -0.476 e. The van der Waals surface area contributed by atoms with Crippen LogP contribution in [0.4, 0.5) is 11.5 Å². The number of anilines is 2. The average molecular weight is 253 g/mol. The summed E-state index contributed by atoms with van der Waals surface area (Å²) in [5, 5.41) is 3.33. The predicted octanol–water partition coefficient (Wildman–Crippen LogP) is 2.15. The van der Waals surface area contributed by atoms with Crippen LogP contribution in [0.3, 0.4) is 0 Å². The summed E-state index contributed by atoms with van der Waals surface area (Å²) in [4.78, 5) is 4.35. The first kappa shape index (κ1) is 14.6. The first-order chi connectivity index (χ1) is 8.58. The van der Waals surface area contributed by atoms with Crippen molar-refractivity contribution in [3.05, 3.63) is 12.1 Å². The van der Waals surface area contributed by atoms with Gasteiger partial charge in [0.25, 0.3) is 0 Å². The molecule has 0 saturated heterocycles. The van der Waals surface area contributed by atoms with Crippen molar-refractivity contribution in [2.75, 3.05) is 31.4 Å². The lowest BCUT2D eigenvalue weighted by Gasteiger charge is -2.22. The maximum atomic E-state index is 5.78. The summed E-state index contributed by atoms with van der Waals surface area (Å²) in [6, 6.07) is 3.86. The molecule has 18 heavy (non-hydrogen) atoms. The summed E-state index contributed by atoms with van der Waals surface area (Å²) >= 11 is 0. The molecule has 5 heteroatoms. The van der Waals surface area contributed by atoms with E-state index in [1.54, 1.807) is 13.2 Å². The molecule has 0 spiro atoms. The summed E-state index contributed by atoms with van der Waals surface area (Å²) in [6.07, 6.45) is 0. The van der Waals surface area contributed by atoms with E-state index < -0.39 is 0 Å². The Kier molecular flexibility index (Phi) is 5.71. The number of rotatable bonds is 7. The van der Waals surface area contributed by atoms with Crippen LogP contribution in [0.1, 0.15) is 20.8 Å². The third kappa shape index (κ3) is 4.07. The van der Waals surface area contributed by atoms with Gasteiger partial charge in [-0.3, -0.25) is 0 Å². The standard InChI is InChI=1S/C13H23N3O2/c1-5-18-13-10(14)6-7-12(16-13)15-11(8-17-4)9(2)3/h6-7,9,11H,5,8,14H2,1-4H3,(H,15,16). The third-order valence-corrected chi connectivity index (χ3v) is 2.66. The Labute approximate surface area is 109 Å². The van der Waals surface area contributed by atoms with Crippen LogP contribution in [0.2, 0.25) is 0 Å². The Morgan fingerprint density at radius 1 is 1.39 bits per heavy atom. The molecule has 1 rings (SSSR count). The second-order valence-electron chi connectivity index (χ2n) is 4.47. The lowest BCUT2D eigenvalue weighted by molar-refractivity contribution is 0.171. The molecule has 1 heterocycles. The molecule has 1 aromatic rings. The summed E-state index contributed by atoms with van der Waals surface area (Å²) < 4.78 is 10.6. The van der Waals surface area contributed by atoms with E-state index >= 15 is 0 Å². The van der Waals surface area contributed by atoms with E-state index in [0.29, 0.717) is 30.7 Å². The average Bonchev–Trinajstić information content (AvgIpc) is 2.33. The lowest BCUT2D eigenvalue weighted by atomic mass is 10.1. The summed E-state index contributed by atoms with van der Waals surface area (Å²) in [5.74, 6) is 1.67. The van der Waals surface area contributed by atoms with E-state index in [-0.39, 0.29) is 6.04 Å². The zero-order valence-corrected chi connectivity index (χ0v) is 11.6. The first-order valence-electron chi connectivity index (χ1n) is 6.23. The molecule has 3 N–H and O–H groups in total. The fraction of sp³-hybridized carbons (Fsp3) is 0.615. The minimum absolute atomic E-state index is 0.209. The number of nitrogens with one attached hydrogen (secondary N) is 1. The number of hydrogen-bond acceptors (Lipinski definition) is 5. The van der Waals surface area contributed by atoms with Gasteiger partial charge in [-0.05, 0) is 25.0 Å². The van der Waals surface area contributed by atoms with Gasteiger partial charge in [0.1, 0.15) is 5.82 Å². The Morgan fingerprint density at radius 2 is 2.11 bits per heavy atom. The van der Waals surface area contributed by atoms with Crippen molar-refractivity contribution in [1.82, 2.24) is 4.98 Å². The Balaban J connectivity index is 2.79. The van der Waals surface area contributed by atoms with E-state index in [0.717, 1.165) is 5.82 Å². The third-order valence-electron chi connectivity index (χ3n) is 2.66.